The van der Waals surface area contributed by atoms with E-state index in [0.29, 0.717) is 57.5 Å². The molecule has 2 fully saturated rings. The molecule has 1 aliphatic carbocycles. The van der Waals surface area contributed by atoms with Crippen LogP contribution >= 0.6 is 0 Å². The standard InChI is InChI=1S/C35H34FN9O2/c36-24-15-22(17-26(18-24)47-14-13-45-11-3-4-12-45)27-9-10-38-33-30(27)41-34(42-33)32-31-29(43-44-32)8-7-28(40-31)23-16-25(20-37-19-23)39-35(46)21-5-1-2-6-21/h7-10,15-21H,1-6,11-14H2,(H,39,46)(H,43,44)(H,38,41,42). The first-order valence-corrected chi connectivity index (χ1v) is 16.2. The van der Waals surface area contributed by atoms with Crippen molar-refractivity contribution < 1.29 is 13.9 Å². The van der Waals surface area contributed by atoms with Crippen LogP contribution < -0.4 is 10.1 Å². The van der Waals surface area contributed by atoms with Crippen LogP contribution in [-0.4, -0.2) is 72.2 Å². The number of carbonyl (C=O) groups is 1. The van der Waals surface area contributed by atoms with Gasteiger partial charge in [0.25, 0.3) is 0 Å². The molecule has 1 saturated heterocycles. The van der Waals surface area contributed by atoms with E-state index in [9.17, 15) is 9.18 Å². The SMILES string of the molecule is O=C(Nc1cncc(-c2ccc3[nH]nc(-c4nc5nccc(-c6cc(F)cc(OCCN7CCCC7)c6)c5[nH]4)c3n2)c1)C1CCCC1. The highest BCUT2D eigenvalue weighted by Crippen LogP contribution is 2.33. The highest BCUT2D eigenvalue weighted by molar-refractivity contribution is 5.96. The zero-order valence-corrected chi connectivity index (χ0v) is 25.8. The molecule has 1 amide bonds. The third kappa shape index (κ3) is 6.03. The zero-order chi connectivity index (χ0) is 31.7. The maximum Gasteiger partial charge on any atom is 0.227 e. The number of aromatic amines is 2. The number of benzene rings is 1. The van der Waals surface area contributed by atoms with E-state index in [1.807, 2.05) is 30.3 Å². The molecular formula is C35H34FN9O2. The molecule has 6 heterocycles. The molecule has 238 valence electrons. The number of hydrogen-bond donors (Lipinski definition) is 3. The van der Waals surface area contributed by atoms with Crippen molar-refractivity contribution in [1.82, 2.24) is 40.0 Å². The van der Waals surface area contributed by atoms with Crippen molar-refractivity contribution in [2.75, 3.05) is 31.6 Å². The number of anilines is 1. The van der Waals surface area contributed by atoms with Gasteiger partial charge in [-0.25, -0.2) is 19.3 Å². The van der Waals surface area contributed by atoms with E-state index < -0.39 is 0 Å². The Morgan fingerprint density at radius 1 is 1.00 bits per heavy atom. The fourth-order valence-corrected chi connectivity index (χ4v) is 6.67. The Bertz CT molecular complexity index is 2080. The highest BCUT2D eigenvalue weighted by atomic mass is 19.1. The van der Waals surface area contributed by atoms with Crippen LogP contribution in [0.4, 0.5) is 10.1 Å². The lowest BCUT2D eigenvalue weighted by molar-refractivity contribution is -0.119. The van der Waals surface area contributed by atoms with Crippen LogP contribution in [0.2, 0.25) is 0 Å². The molecular weight excluding hydrogens is 597 g/mol. The minimum atomic E-state index is -0.380. The Labute approximate surface area is 270 Å². The molecule has 2 aliphatic rings. The van der Waals surface area contributed by atoms with Gasteiger partial charge in [0.05, 0.1) is 28.6 Å². The van der Waals surface area contributed by atoms with E-state index >= 15 is 0 Å². The second-order valence-corrected chi connectivity index (χ2v) is 12.3. The first-order valence-electron chi connectivity index (χ1n) is 16.2. The van der Waals surface area contributed by atoms with Crippen LogP contribution in [0.25, 0.3) is 56.1 Å². The van der Waals surface area contributed by atoms with Crippen LogP contribution in [0.3, 0.4) is 0 Å². The molecule has 0 atom stereocenters. The summed E-state index contributed by atoms with van der Waals surface area (Å²) in [6.07, 6.45) is 11.5. The summed E-state index contributed by atoms with van der Waals surface area (Å²) in [6, 6.07) is 12.3. The van der Waals surface area contributed by atoms with E-state index in [-0.39, 0.29) is 17.6 Å². The summed E-state index contributed by atoms with van der Waals surface area (Å²) < 4.78 is 20.8. The molecule has 8 rings (SSSR count). The first kappa shape index (κ1) is 29.2. The van der Waals surface area contributed by atoms with Crippen LogP contribution in [0.1, 0.15) is 38.5 Å². The van der Waals surface area contributed by atoms with Crippen molar-refractivity contribution in [3.8, 4) is 39.7 Å². The Hall–Kier alpha value is -5.23. The quantitative estimate of drug-likeness (QED) is 0.167. The van der Waals surface area contributed by atoms with Crippen LogP contribution in [0.15, 0.2) is 61.1 Å². The largest absolute Gasteiger partial charge is 0.492 e. The fraction of sp³-hybridized carbons (Fsp3) is 0.314. The average molecular weight is 632 g/mol. The molecule has 1 aliphatic heterocycles. The number of aromatic nitrogens is 7. The summed E-state index contributed by atoms with van der Waals surface area (Å²) in [7, 11) is 0. The third-order valence-corrected chi connectivity index (χ3v) is 9.11. The minimum absolute atomic E-state index is 0.0411. The number of H-pyrrole nitrogens is 2. The summed E-state index contributed by atoms with van der Waals surface area (Å²) in [5.74, 6) is 0.677. The number of nitrogens with zero attached hydrogens (tertiary/aromatic N) is 6. The lowest BCUT2D eigenvalue weighted by Crippen LogP contribution is -2.25. The molecule has 0 bridgehead atoms. The molecule has 0 radical (unpaired) electrons. The Kier molecular flexibility index (Phi) is 7.78. The molecule has 0 unspecified atom stereocenters. The lowest BCUT2D eigenvalue weighted by Gasteiger charge is -2.15. The van der Waals surface area contributed by atoms with Gasteiger partial charge in [-0.3, -0.25) is 19.8 Å². The number of pyridine rings is 3. The van der Waals surface area contributed by atoms with E-state index in [2.05, 4.69) is 35.4 Å². The number of likely N-dealkylation sites (tertiary alicyclic amines) is 1. The van der Waals surface area contributed by atoms with Gasteiger partial charge in [0.2, 0.25) is 5.91 Å². The van der Waals surface area contributed by atoms with E-state index in [4.69, 9.17) is 14.7 Å². The Balaban J connectivity index is 1.08. The number of ether oxygens (including phenoxy) is 1. The molecule has 12 heteroatoms. The summed E-state index contributed by atoms with van der Waals surface area (Å²) >= 11 is 0. The second kappa shape index (κ2) is 12.5. The van der Waals surface area contributed by atoms with Crippen molar-refractivity contribution >= 4 is 33.8 Å². The number of imidazole rings is 1. The molecule has 5 aromatic heterocycles. The van der Waals surface area contributed by atoms with Gasteiger partial charge in [-0.2, -0.15) is 5.10 Å². The van der Waals surface area contributed by atoms with E-state index in [1.54, 1.807) is 18.6 Å². The number of fused-ring (bicyclic) bond motifs is 2. The number of carbonyl (C=O) groups excluding carboxylic acids is 1. The van der Waals surface area contributed by atoms with Crippen LogP contribution in [-0.2, 0) is 4.79 Å². The van der Waals surface area contributed by atoms with Gasteiger partial charge >= 0.3 is 0 Å². The van der Waals surface area contributed by atoms with E-state index in [1.165, 1.54) is 25.0 Å². The second-order valence-electron chi connectivity index (χ2n) is 12.3. The smallest absolute Gasteiger partial charge is 0.227 e. The molecule has 47 heavy (non-hydrogen) atoms. The zero-order valence-electron chi connectivity index (χ0n) is 25.8. The van der Waals surface area contributed by atoms with Crippen molar-refractivity contribution in [2.45, 2.75) is 38.5 Å². The lowest BCUT2D eigenvalue weighted by atomic mass is 10.1. The number of halogens is 1. The number of amides is 1. The maximum atomic E-state index is 14.8. The van der Waals surface area contributed by atoms with Gasteiger partial charge in [-0.1, -0.05) is 12.8 Å². The summed E-state index contributed by atoms with van der Waals surface area (Å²) in [5.41, 5.74) is 6.48. The topological polar surface area (TPSA) is 138 Å². The predicted octanol–water partition coefficient (Wildman–Crippen LogP) is 6.37. The summed E-state index contributed by atoms with van der Waals surface area (Å²) in [5, 5.41) is 10.6. The van der Waals surface area contributed by atoms with Gasteiger partial charge in [-0.05, 0) is 80.7 Å². The van der Waals surface area contributed by atoms with Crippen molar-refractivity contribution in [3.05, 3.63) is 66.9 Å². The molecule has 1 saturated carbocycles. The molecule has 6 aromatic rings. The number of hydrogen-bond acceptors (Lipinski definition) is 8. The van der Waals surface area contributed by atoms with Gasteiger partial charge in [0.15, 0.2) is 17.2 Å². The molecule has 1 aromatic carbocycles. The minimum Gasteiger partial charge on any atom is -0.492 e. The fourth-order valence-electron chi connectivity index (χ4n) is 6.67. The number of nitrogens with one attached hydrogen (secondary N) is 3. The third-order valence-electron chi connectivity index (χ3n) is 9.11. The molecule has 11 nitrogen and oxygen atoms in total. The first-order chi connectivity index (χ1) is 23.1. The number of rotatable bonds is 9. The van der Waals surface area contributed by atoms with Crippen LogP contribution in [0.5, 0.6) is 5.75 Å². The maximum absolute atomic E-state index is 14.8. The van der Waals surface area contributed by atoms with Crippen LogP contribution in [0, 0.1) is 11.7 Å². The predicted molar refractivity (Wildman–Crippen MR) is 177 cm³/mol. The summed E-state index contributed by atoms with van der Waals surface area (Å²) in [6.45, 7) is 3.49. The van der Waals surface area contributed by atoms with Crippen molar-refractivity contribution in [3.63, 3.8) is 0 Å². The van der Waals surface area contributed by atoms with E-state index in [0.717, 1.165) is 62.0 Å². The van der Waals surface area contributed by atoms with Crippen molar-refractivity contribution in [2.24, 2.45) is 5.92 Å². The monoisotopic (exact) mass is 631 g/mol. The Morgan fingerprint density at radius 3 is 2.74 bits per heavy atom. The Morgan fingerprint density at radius 2 is 1.87 bits per heavy atom. The van der Waals surface area contributed by atoms with Gasteiger partial charge < -0.3 is 15.0 Å². The highest BCUT2D eigenvalue weighted by Gasteiger charge is 2.23. The van der Waals surface area contributed by atoms with Gasteiger partial charge in [-0.15, -0.1) is 0 Å². The summed E-state index contributed by atoms with van der Waals surface area (Å²) in [4.78, 5) is 36.9. The normalized spacial score (nSPS) is 15.6. The molecule has 0 spiro atoms. The van der Waals surface area contributed by atoms with Gasteiger partial charge in [0.1, 0.15) is 23.7 Å². The average Bonchev–Trinajstić information content (AvgIpc) is 3.91. The molecule has 3 N–H and O–H groups in total. The van der Waals surface area contributed by atoms with Gasteiger partial charge in [0, 0.05) is 42.0 Å². The van der Waals surface area contributed by atoms with Crippen molar-refractivity contribution in [1.29, 1.82) is 0 Å².